The maximum absolute atomic E-state index is 12.1. The van der Waals surface area contributed by atoms with Crippen molar-refractivity contribution < 1.29 is 29.4 Å². The van der Waals surface area contributed by atoms with Crippen LogP contribution in [0.5, 0.6) is 11.8 Å². The van der Waals surface area contributed by atoms with Gasteiger partial charge in [-0.15, -0.1) is 20.5 Å². The number of rotatable bonds is 6. The molecule has 0 spiro atoms. The van der Waals surface area contributed by atoms with E-state index in [0.29, 0.717) is 30.8 Å². The van der Waals surface area contributed by atoms with Crippen LogP contribution in [0, 0.1) is 0 Å². The molecule has 0 aliphatic rings. The molecule has 2 aromatic carbocycles. The third kappa shape index (κ3) is 8.26. The topological polar surface area (TPSA) is 266 Å². The number of carbonyl (C=O) groups excluding carboxylic acids is 4. The van der Waals surface area contributed by atoms with E-state index in [1.807, 2.05) is 0 Å². The largest absolute Gasteiger partial charge is 0.493 e. The summed E-state index contributed by atoms with van der Waals surface area (Å²) < 4.78 is 2.79. The van der Waals surface area contributed by atoms with Crippen LogP contribution >= 0.6 is 63.7 Å². The fourth-order valence-corrected chi connectivity index (χ4v) is 5.90. The van der Waals surface area contributed by atoms with Gasteiger partial charge < -0.3 is 20.2 Å². The summed E-state index contributed by atoms with van der Waals surface area (Å²) in [6.07, 6.45) is -1.03. The number of fused-ring (bicyclic) bond motifs is 2. The molecule has 0 saturated heterocycles. The van der Waals surface area contributed by atoms with Crippen LogP contribution in [0.2, 0.25) is 0 Å². The number of benzene rings is 2. The van der Waals surface area contributed by atoms with Gasteiger partial charge in [0.2, 0.25) is 23.6 Å². The number of hydrogen-bond acceptors (Lipinski definition) is 10. The molecule has 42 heavy (non-hydrogen) atoms. The maximum Gasteiger partial charge on any atom is 0.274 e. The molecule has 0 saturated carbocycles. The Kier molecular flexibility index (Phi) is 11.4. The summed E-state index contributed by atoms with van der Waals surface area (Å²) in [5.74, 6) is 5.85. The summed E-state index contributed by atoms with van der Waals surface area (Å²) in [7, 11) is 0. The van der Waals surface area contributed by atoms with Crippen molar-refractivity contribution in [2.24, 2.45) is 32.1 Å². The van der Waals surface area contributed by atoms with Gasteiger partial charge in [0, 0.05) is 28.7 Å². The van der Waals surface area contributed by atoms with Gasteiger partial charge in [-0.1, -0.05) is 31.9 Å². The number of azo groups is 2. The van der Waals surface area contributed by atoms with Gasteiger partial charge in [-0.2, -0.15) is 0 Å². The molecule has 2 aromatic heterocycles. The van der Waals surface area contributed by atoms with Crippen LogP contribution < -0.4 is 22.5 Å². The van der Waals surface area contributed by atoms with Crippen molar-refractivity contribution in [3.63, 3.8) is 0 Å². The number of halogens is 4. The van der Waals surface area contributed by atoms with Crippen molar-refractivity contribution >= 4 is 121 Å². The molecule has 0 radical (unpaired) electrons. The van der Waals surface area contributed by atoms with E-state index >= 15 is 0 Å². The number of aromatic amines is 2. The third-order valence-electron chi connectivity index (χ3n) is 5.02. The van der Waals surface area contributed by atoms with Crippen LogP contribution in [0.3, 0.4) is 0 Å². The first-order valence-corrected chi connectivity index (χ1v) is 14.3. The lowest BCUT2D eigenvalue weighted by Crippen LogP contribution is -2.37. The minimum atomic E-state index is -0.879. The summed E-state index contributed by atoms with van der Waals surface area (Å²) in [5.41, 5.74) is 4.79. The van der Waals surface area contributed by atoms with E-state index in [2.05, 4.69) is 106 Å². The van der Waals surface area contributed by atoms with Gasteiger partial charge in [0.05, 0.1) is 11.0 Å². The van der Waals surface area contributed by atoms with Crippen molar-refractivity contribution in [1.29, 1.82) is 0 Å². The lowest BCUT2D eigenvalue weighted by Gasteiger charge is -1.96. The minimum Gasteiger partial charge on any atom is -0.493 e. The molecule has 0 bridgehead atoms. The van der Waals surface area contributed by atoms with Crippen molar-refractivity contribution in [3.05, 3.63) is 42.2 Å². The first kappa shape index (κ1) is 32.9. The van der Waals surface area contributed by atoms with E-state index in [0.717, 1.165) is 8.95 Å². The van der Waals surface area contributed by atoms with Gasteiger partial charge in [0.25, 0.3) is 11.8 Å². The number of carbonyl (C=O) groups is 4. The van der Waals surface area contributed by atoms with Crippen molar-refractivity contribution in [2.75, 3.05) is 0 Å². The monoisotopic (exact) mass is 834 g/mol. The number of aromatic nitrogens is 2. The number of H-pyrrole nitrogens is 2. The summed E-state index contributed by atoms with van der Waals surface area (Å²) in [4.78, 5) is 50.1. The van der Waals surface area contributed by atoms with E-state index in [-0.39, 0.29) is 29.6 Å². The van der Waals surface area contributed by atoms with E-state index < -0.39 is 30.0 Å². The number of aromatic hydroxyl groups is 2. The molecule has 20 heteroatoms. The van der Waals surface area contributed by atoms with Gasteiger partial charge in [0.15, 0.2) is 11.4 Å². The summed E-state index contributed by atoms with van der Waals surface area (Å²) in [6.45, 7) is 0. The predicted molar refractivity (Wildman–Crippen MR) is 164 cm³/mol. The highest BCUT2D eigenvalue weighted by atomic mass is 79.9. The second-order valence-electron chi connectivity index (χ2n) is 7.94. The van der Waals surface area contributed by atoms with Gasteiger partial charge in [0.1, 0.15) is 12.8 Å². The second kappa shape index (κ2) is 14.6. The maximum atomic E-state index is 12.1. The molecule has 10 N–H and O–H groups in total. The van der Waals surface area contributed by atoms with Gasteiger partial charge in [-0.05, 0) is 56.1 Å². The smallest absolute Gasteiger partial charge is 0.274 e. The number of hydrogen-bond donors (Lipinski definition) is 8. The molecule has 4 amide bonds. The molecule has 0 atom stereocenters. The Labute approximate surface area is 268 Å². The standard InChI is InChI=1S/C19H10Br4N6O4.C3H8N4O2/c20-6-1-8-14(10(22)3-6)24-18(32)16(8)28-26-12(30)5-13(31)27-29-17-9-2-7(21)4-11(23)15(9)25-19(17)33;4-6-2(8)1-3(9)7-5/h1-4,24-25,32-33H,5H2;1,4-5H2,(H,6,8)(H,7,9). The van der Waals surface area contributed by atoms with Crippen LogP contribution in [0.15, 0.2) is 62.6 Å². The van der Waals surface area contributed by atoms with Crippen LogP contribution in [0.25, 0.3) is 21.8 Å². The molecular weight excluding hydrogens is 820 g/mol. The number of nitrogens with one attached hydrogen (secondary N) is 4. The average Bonchev–Trinajstić information content (AvgIpc) is 3.41. The predicted octanol–water partition coefficient (Wildman–Crippen LogP) is 4.78. The average molecular weight is 838 g/mol. The molecule has 4 aromatic rings. The summed E-state index contributed by atoms with van der Waals surface area (Å²) in [5, 5.41) is 35.8. The zero-order valence-corrected chi connectivity index (χ0v) is 27.1. The van der Waals surface area contributed by atoms with Crippen molar-refractivity contribution in [3.8, 4) is 11.8 Å². The Hall–Kier alpha value is -3.56. The Balaban J connectivity index is 0.000000467. The first-order chi connectivity index (χ1) is 19.8. The highest BCUT2D eigenvalue weighted by Gasteiger charge is 2.17. The summed E-state index contributed by atoms with van der Waals surface area (Å²) >= 11 is 13.4. The highest BCUT2D eigenvalue weighted by molar-refractivity contribution is 9.11. The lowest BCUT2D eigenvalue weighted by molar-refractivity contribution is -0.130. The van der Waals surface area contributed by atoms with Crippen LogP contribution in [0.1, 0.15) is 12.8 Å². The number of nitrogens with zero attached hydrogens (tertiary/aromatic N) is 4. The van der Waals surface area contributed by atoms with Crippen molar-refractivity contribution in [1.82, 2.24) is 20.8 Å². The van der Waals surface area contributed by atoms with Gasteiger partial charge >= 0.3 is 0 Å². The Morgan fingerprint density at radius 2 is 1.07 bits per heavy atom. The van der Waals surface area contributed by atoms with Crippen molar-refractivity contribution in [2.45, 2.75) is 12.8 Å². The molecule has 220 valence electrons. The molecule has 0 aliphatic heterocycles. The molecule has 0 aliphatic carbocycles. The Morgan fingerprint density at radius 3 is 1.43 bits per heavy atom. The Bertz CT molecular complexity index is 1640. The molecular formula is C22H18Br4N10O6. The van der Waals surface area contributed by atoms with E-state index in [1.54, 1.807) is 35.1 Å². The normalized spacial score (nSPS) is 11.2. The van der Waals surface area contributed by atoms with Gasteiger partial charge in [-0.25, -0.2) is 11.7 Å². The SMILES string of the molecule is NNC(=O)CC(=O)NN.O=C(CC(=O)N=Nc1c(O)[nH]c2c(Br)cc(Br)cc12)N=Nc1c(O)[nH]c2c(Br)cc(Br)cc12. The van der Waals surface area contributed by atoms with E-state index in [1.165, 1.54) is 0 Å². The fraction of sp³-hybridized carbons (Fsp3) is 0.0909. The molecule has 0 fully saturated rings. The number of amides is 4. The molecule has 4 rings (SSSR count). The zero-order valence-electron chi connectivity index (χ0n) is 20.7. The number of hydrazine groups is 2. The van der Waals surface area contributed by atoms with Gasteiger partial charge in [-0.3, -0.25) is 30.0 Å². The van der Waals surface area contributed by atoms with E-state index in [9.17, 15) is 29.4 Å². The highest BCUT2D eigenvalue weighted by Crippen LogP contribution is 2.41. The summed E-state index contributed by atoms with van der Waals surface area (Å²) in [6, 6.07) is 6.94. The molecule has 2 heterocycles. The minimum absolute atomic E-state index is 0.0503. The van der Waals surface area contributed by atoms with Crippen LogP contribution in [0.4, 0.5) is 11.4 Å². The van der Waals surface area contributed by atoms with Crippen LogP contribution in [-0.2, 0) is 19.2 Å². The van der Waals surface area contributed by atoms with E-state index in [4.69, 9.17) is 0 Å². The number of nitrogens with two attached hydrogens (primary N) is 2. The zero-order chi connectivity index (χ0) is 31.1. The van der Waals surface area contributed by atoms with Crippen LogP contribution in [-0.4, -0.2) is 43.8 Å². The first-order valence-electron chi connectivity index (χ1n) is 11.1. The molecule has 16 nitrogen and oxygen atoms in total. The fourth-order valence-electron chi connectivity index (χ4n) is 3.25. The lowest BCUT2D eigenvalue weighted by atomic mass is 10.2. The third-order valence-corrected chi connectivity index (χ3v) is 7.19. The quantitative estimate of drug-likeness (QED) is 0.0439. The molecule has 0 unspecified atom stereocenters. The second-order valence-corrected chi connectivity index (χ2v) is 11.5. The Morgan fingerprint density at radius 1 is 0.690 bits per heavy atom.